The number of fused-ring (bicyclic) bond motifs is 6. The summed E-state index contributed by atoms with van der Waals surface area (Å²) in [5.41, 5.74) is 6.68. The smallest absolute Gasteiger partial charge is 0.211 e. The fourth-order valence-electron chi connectivity index (χ4n) is 6.92. The fraction of sp³-hybridized carbons (Fsp3) is 0.297. The molecule has 4 aromatic carbocycles. The number of ether oxygens (including phenoxy) is 5. The zero-order chi connectivity index (χ0) is 32.1. The summed E-state index contributed by atoms with van der Waals surface area (Å²) in [4.78, 5) is 21.2. The molecule has 0 radical (unpaired) electrons. The Kier molecular flexibility index (Phi) is 7.56. The number of nitrogens with zero attached hydrogens (tertiary/aromatic N) is 2. The molecule has 0 unspecified atom stereocenters. The quantitative estimate of drug-likeness (QED) is 0.288. The van der Waals surface area contributed by atoms with E-state index in [2.05, 4.69) is 11.9 Å². The molecular weight excluding hydrogens is 584 g/mol. The lowest BCUT2D eigenvalue weighted by Crippen LogP contribution is -2.34. The van der Waals surface area contributed by atoms with Gasteiger partial charge in [-0.1, -0.05) is 6.07 Å². The molecule has 0 aromatic heterocycles. The lowest BCUT2D eigenvalue weighted by Gasteiger charge is -2.37. The number of hydrogen-bond donors (Lipinski definition) is 1. The molecule has 236 valence electrons. The third kappa shape index (κ3) is 4.82. The first-order valence-corrected chi connectivity index (χ1v) is 15.3. The Bertz CT molecular complexity index is 1910. The van der Waals surface area contributed by atoms with Crippen LogP contribution in [0.5, 0.6) is 40.2 Å². The first-order chi connectivity index (χ1) is 22.3. The largest absolute Gasteiger partial charge is 0.507 e. The van der Waals surface area contributed by atoms with E-state index < -0.39 is 0 Å². The molecule has 9 nitrogen and oxygen atoms in total. The monoisotopic (exact) mass is 620 g/mol. The summed E-state index contributed by atoms with van der Waals surface area (Å²) in [5, 5.41) is 11.1. The molecule has 0 amide bonds. The maximum atomic E-state index is 14.2. The molecule has 0 aliphatic carbocycles. The third-order valence-electron chi connectivity index (χ3n) is 9.31. The van der Waals surface area contributed by atoms with Gasteiger partial charge in [-0.15, -0.1) is 0 Å². The second-order valence-corrected chi connectivity index (χ2v) is 11.8. The molecule has 0 spiro atoms. The highest BCUT2D eigenvalue weighted by Gasteiger charge is 2.34. The topological polar surface area (TPSA) is 99.1 Å². The third-order valence-corrected chi connectivity index (χ3v) is 9.31. The van der Waals surface area contributed by atoms with Gasteiger partial charge in [-0.2, -0.15) is 0 Å². The Morgan fingerprint density at radius 1 is 0.826 bits per heavy atom. The zero-order valence-corrected chi connectivity index (χ0v) is 26.6. The Morgan fingerprint density at radius 2 is 1.61 bits per heavy atom. The van der Waals surface area contributed by atoms with Gasteiger partial charge < -0.3 is 28.8 Å². The summed E-state index contributed by atoms with van der Waals surface area (Å²) in [5.74, 6) is 2.97. The van der Waals surface area contributed by atoms with Crippen molar-refractivity contribution >= 4 is 11.5 Å². The van der Waals surface area contributed by atoms with Gasteiger partial charge in [0.2, 0.25) is 11.5 Å². The van der Waals surface area contributed by atoms with Crippen molar-refractivity contribution in [1.82, 2.24) is 4.90 Å². The number of aromatic hydroxyl groups is 1. The van der Waals surface area contributed by atoms with E-state index in [1.54, 1.807) is 52.7 Å². The van der Waals surface area contributed by atoms with Crippen molar-refractivity contribution < 1.29 is 33.6 Å². The Morgan fingerprint density at radius 3 is 2.37 bits per heavy atom. The number of phenolic OH excluding ortho intramolecular Hbond substituents is 1. The number of hydrogen-bond acceptors (Lipinski definition) is 9. The van der Waals surface area contributed by atoms with Gasteiger partial charge in [0.1, 0.15) is 17.2 Å². The van der Waals surface area contributed by atoms with E-state index in [1.807, 2.05) is 30.3 Å². The van der Waals surface area contributed by atoms with E-state index in [-0.39, 0.29) is 17.6 Å². The lowest BCUT2D eigenvalue weighted by molar-refractivity contribution is 0.106. The molecule has 3 aliphatic rings. The molecule has 3 heterocycles. The summed E-state index contributed by atoms with van der Waals surface area (Å²) in [6.45, 7) is 1.30. The minimum Gasteiger partial charge on any atom is -0.507 e. The number of likely N-dealkylation sites (N-methyl/N-ethyl adjacent to an activating group) is 1. The van der Waals surface area contributed by atoms with Gasteiger partial charge in [0.25, 0.3) is 0 Å². The van der Waals surface area contributed by atoms with Crippen molar-refractivity contribution in [1.29, 1.82) is 0 Å². The summed E-state index contributed by atoms with van der Waals surface area (Å²) in [6, 6.07) is 16.6. The van der Waals surface area contributed by atoms with E-state index >= 15 is 0 Å². The molecule has 0 fully saturated rings. The second kappa shape index (κ2) is 11.7. The number of rotatable bonds is 4. The molecule has 6 bridgehead atoms. The Labute approximate surface area is 268 Å². The number of phenols is 1. The maximum Gasteiger partial charge on any atom is 0.211 e. The van der Waals surface area contributed by atoms with Gasteiger partial charge >= 0.3 is 0 Å². The van der Waals surface area contributed by atoms with Crippen molar-refractivity contribution in [2.24, 2.45) is 4.99 Å². The second-order valence-electron chi connectivity index (χ2n) is 11.8. The number of Topliss-reactive ketones (excluding diaryl/α,β-unsaturated/α-hetero) is 1. The average molecular weight is 621 g/mol. The molecule has 3 aliphatic heterocycles. The van der Waals surface area contributed by atoms with Crippen LogP contribution in [0.2, 0.25) is 0 Å². The molecule has 1 N–H and O–H groups in total. The number of methoxy groups -OCH3 is 4. The summed E-state index contributed by atoms with van der Waals surface area (Å²) in [7, 11) is 8.52. The molecule has 1 atom stereocenters. The van der Waals surface area contributed by atoms with Crippen molar-refractivity contribution in [2.45, 2.75) is 25.3 Å². The van der Waals surface area contributed by atoms with Crippen LogP contribution in [0.4, 0.5) is 0 Å². The Balaban J connectivity index is 1.55. The number of aliphatic imine (C=N–C) groups is 1. The van der Waals surface area contributed by atoms with E-state index in [1.165, 1.54) is 0 Å². The first kappa shape index (κ1) is 29.7. The number of carbonyl (C=O) groups is 1. The molecule has 9 heteroatoms. The summed E-state index contributed by atoms with van der Waals surface area (Å²) >= 11 is 0. The highest BCUT2D eigenvalue weighted by atomic mass is 16.5. The fourth-order valence-corrected chi connectivity index (χ4v) is 6.92. The van der Waals surface area contributed by atoms with Gasteiger partial charge in [-0.3, -0.25) is 14.7 Å². The van der Waals surface area contributed by atoms with Crippen LogP contribution in [0.15, 0.2) is 59.6 Å². The highest BCUT2D eigenvalue weighted by molar-refractivity contribution is 6.52. The standard InChI is InChI=1S/C37H36N2O7/c1-39-13-11-22-18-32(44-4)36(45-5)37-33(22)27(39)15-20-6-8-28(40)25(14-20)26-16-23(7-9-29(26)42-2)35(41)34-24-19-31(46-37)30(43-3)17-21(24)10-12-38-34/h6-9,14,16-19,27,40H,10-13,15H2,1-5H3/t27-/m0/s1. The zero-order valence-electron chi connectivity index (χ0n) is 26.6. The van der Waals surface area contributed by atoms with Gasteiger partial charge in [-0.05, 0) is 91.5 Å². The van der Waals surface area contributed by atoms with E-state index in [0.29, 0.717) is 81.8 Å². The molecule has 7 rings (SSSR count). The van der Waals surface area contributed by atoms with Crippen LogP contribution in [0, 0.1) is 0 Å². The molecule has 46 heavy (non-hydrogen) atoms. The SMILES string of the molecule is COc1cc2c3cc1Oc1c(OC)c(OC)cc4c1[C@H](Cc1ccc(O)c(c1)-c1cc(ccc1OC)C(=O)C3=NCC2)N(C)CC4. The molecule has 4 aromatic rings. The van der Waals surface area contributed by atoms with Crippen LogP contribution in [0.1, 0.15) is 44.2 Å². The van der Waals surface area contributed by atoms with Gasteiger partial charge in [0, 0.05) is 46.9 Å². The minimum atomic E-state index is -0.235. The van der Waals surface area contributed by atoms with Gasteiger partial charge in [0.05, 0.1) is 28.4 Å². The Hall–Kier alpha value is -5.02. The molecule has 0 saturated carbocycles. The van der Waals surface area contributed by atoms with Crippen LogP contribution in [-0.2, 0) is 19.3 Å². The first-order valence-electron chi connectivity index (χ1n) is 15.3. The number of ketones is 1. The van der Waals surface area contributed by atoms with Crippen LogP contribution in [-0.4, -0.2) is 70.1 Å². The van der Waals surface area contributed by atoms with Crippen LogP contribution in [0.3, 0.4) is 0 Å². The van der Waals surface area contributed by atoms with Crippen molar-refractivity contribution in [3.05, 3.63) is 88.0 Å². The van der Waals surface area contributed by atoms with E-state index in [9.17, 15) is 9.90 Å². The van der Waals surface area contributed by atoms with Crippen molar-refractivity contribution in [2.75, 3.05) is 48.6 Å². The van der Waals surface area contributed by atoms with Crippen molar-refractivity contribution in [3.63, 3.8) is 0 Å². The van der Waals surface area contributed by atoms with Crippen molar-refractivity contribution in [3.8, 4) is 51.4 Å². The number of benzene rings is 4. The highest BCUT2D eigenvalue weighted by Crippen LogP contribution is 2.51. The van der Waals surface area contributed by atoms with E-state index in [4.69, 9.17) is 28.7 Å². The molecule has 0 saturated heterocycles. The van der Waals surface area contributed by atoms with Gasteiger partial charge in [0.15, 0.2) is 23.0 Å². The summed E-state index contributed by atoms with van der Waals surface area (Å²) in [6.07, 6.45) is 2.06. The summed E-state index contributed by atoms with van der Waals surface area (Å²) < 4.78 is 30.2. The maximum absolute atomic E-state index is 14.2. The minimum absolute atomic E-state index is 0.0951. The predicted octanol–water partition coefficient (Wildman–Crippen LogP) is 6.20. The predicted molar refractivity (Wildman–Crippen MR) is 175 cm³/mol. The molecular formula is C37H36N2O7. The normalized spacial score (nSPS) is 16.9. The van der Waals surface area contributed by atoms with Crippen LogP contribution >= 0.6 is 0 Å². The lowest BCUT2D eigenvalue weighted by atomic mass is 9.86. The number of carbonyl (C=O) groups excluding carboxylic acids is 1. The van der Waals surface area contributed by atoms with E-state index in [0.717, 1.165) is 35.2 Å². The average Bonchev–Trinajstić information content (AvgIpc) is 3.08. The van der Waals surface area contributed by atoms with Crippen LogP contribution in [0.25, 0.3) is 11.1 Å². The van der Waals surface area contributed by atoms with Gasteiger partial charge in [-0.25, -0.2) is 0 Å². The van der Waals surface area contributed by atoms with Crippen LogP contribution < -0.4 is 23.7 Å².